The largest absolute Gasteiger partial charge is 0.454 e. The van der Waals surface area contributed by atoms with Gasteiger partial charge in [0.2, 0.25) is 6.79 Å². The highest BCUT2D eigenvalue weighted by Gasteiger charge is 2.41. The van der Waals surface area contributed by atoms with E-state index in [4.69, 9.17) is 14.2 Å². The first-order chi connectivity index (χ1) is 13.0. The minimum Gasteiger partial charge on any atom is -0.454 e. The molecule has 10 heteroatoms. The second kappa shape index (κ2) is 10.3. The van der Waals surface area contributed by atoms with Gasteiger partial charge in [-0.25, -0.2) is 0 Å². The molecule has 2 aliphatic rings. The lowest BCUT2D eigenvalue weighted by Gasteiger charge is -2.19. The molecule has 28 heavy (non-hydrogen) atoms. The maximum absolute atomic E-state index is 12.7. The van der Waals surface area contributed by atoms with Gasteiger partial charge < -0.3 is 29.6 Å². The molecule has 1 aliphatic carbocycles. The molecule has 1 saturated carbocycles. The van der Waals surface area contributed by atoms with Crippen LogP contribution in [0.1, 0.15) is 24.8 Å². The first kappa shape index (κ1) is 22.7. The quantitative estimate of drug-likeness (QED) is 0.301. The topological polar surface area (TPSA) is 73.3 Å². The van der Waals surface area contributed by atoms with Crippen molar-refractivity contribution in [1.29, 1.82) is 0 Å². The van der Waals surface area contributed by atoms with Gasteiger partial charge >= 0.3 is 6.61 Å². The number of guanidine groups is 1. The maximum Gasteiger partial charge on any atom is 0.387 e. The van der Waals surface area contributed by atoms with Crippen molar-refractivity contribution in [2.75, 3.05) is 34.1 Å². The molecule has 0 unspecified atom stereocenters. The van der Waals surface area contributed by atoms with Gasteiger partial charge in [-0.05, 0) is 30.7 Å². The predicted octanol–water partition coefficient (Wildman–Crippen LogP) is 3.12. The van der Waals surface area contributed by atoms with Crippen molar-refractivity contribution in [2.45, 2.75) is 32.4 Å². The molecule has 0 saturated heterocycles. The number of benzene rings is 1. The molecule has 0 bridgehead atoms. The zero-order valence-electron chi connectivity index (χ0n) is 15.9. The van der Waals surface area contributed by atoms with Crippen LogP contribution in [0.25, 0.3) is 0 Å². The van der Waals surface area contributed by atoms with Crippen LogP contribution in [0.2, 0.25) is 0 Å². The van der Waals surface area contributed by atoms with E-state index in [0.717, 1.165) is 32.4 Å². The van der Waals surface area contributed by atoms with E-state index in [1.807, 2.05) is 0 Å². The summed E-state index contributed by atoms with van der Waals surface area (Å²) in [6.45, 7) is -1.08. The van der Waals surface area contributed by atoms with Crippen LogP contribution in [-0.2, 0) is 11.3 Å². The van der Waals surface area contributed by atoms with E-state index in [1.165, 1.54) is 6.07 Å². The molecule has 1 aromatic carbocycles. The Bertz CT molecular complexity index is 687. The Morgan fingerprint density at radius 2 is 1.96 bits per heavy atom. The summed E-state index contributed by atoms with van der Waals surface area (Å²) in [6, 6.07) is 3.06. The van der Waals surface area contributed by atoms with Crippen molar-refractivity contribution in [3.8, 4) is 17.2 Å². The van der Waals surface area contributed by atoms with Gasteiger partial charge in [-0.3, -0.25) is 4.99 Å². The summed E-state index contributed by atoms with van der Waals surface area (Å²) >= 11 is 0. The number of rotatable bonds is 9. The SMILES string of the molecule is CN=C(NCc1cc2c(cc1OC(F)F)OCO2)NCC1(CCOC)CC1.I. The molecule has 0 atom stereocenters. The molecule has 1 fully saturated rings. The van der Waals surface area contributed by atoms with Crippen LogP contribution in [-0.4, -0.2) is 46.7 Å². The predicted molar refractivity (Wildman–Crippen MR) is 111 cm³/mol. The summed E-state index contributed by atoms with van der Waals surface area (Å²) < 4.78 is 45.8. The molecule has 2 N–H and O–H groups in total. The minimum atomic E-state index is -2.92. The van der Waals surface area contributed by atoms with Gasteiger partial charge in [0.05, 0.1) is 0 Å². The van der Waals surface area contributed by atoms with Crippen molar-refractivity contribution in [3.05, 3.63) is 17.7 Å². The van der Waals surface area contributed by atoms with Crippen molar-refractivity contribution in [2.24, 2.45) is 10.4 Å². The van der Waals surface area contributed by atoms with Crippen LogP contribution in [0.15, 0.2) is 17.1 Å². The van der Waals surface area contributed by atoms with E-state index in [2.05, 4.69) is 20.4 Å². The molecule has 0 aromatic heterocycles. The number of ether oxygens (including phenoxy) is 4. The molecule has 1 aromatic rings. The second-order valence-corrected chi connectivity index (χ2v) is 6.71. The maximum atomic E-state index is 12.7. The van der Waals surface area contributed by atoms with Crippen LogP contribution in [0.5, 0.6) is 17.2 Å². The van der Waals surface area contributed by atoms with Gasteiger partial charge in [0, 0.05) is 45.5 Å². The fourth-order valence-electron chi connectivity index (χ4n) is 2.99. The van der Waals surface area contributed by atoms with E-state index in [9.17, 15) is 8.78 Å². The first-order valence-corrected chi connectivity index (χ1v) is 8.86. The van der Waals surface area contributed by atoms with Gasteiger partial charge in [0.1, 0.15) is 5.75 Å². The molecule has 1 heterocycles. The number of hydrogen-bond acceptors (Lipinski definition) is 5. The summed E-state index contributed by atoms with van der Waals surface area (Å²) in [7, 11) is 3.37. The fraction of sp³-hybridized carbons (Fsp3) is 0.611. The normalized spacial score (nSPS) is 16.5. The van der Waals surface area contributed by atoms with E-state index in [0.29, 0.717) is 23.0 Å². The van der Waals surface area contributed by atoms with E-state index < -0.39 is 6.61 Å². The van der Waals surface area contributed by atoms with Gasteiger partial charge in [0.15, 0.2) is 17.5 Å². The first-order valence-electron chi connectivity index (χ1n) is 8.86. The number of nitrogens with one attached hydrogen (secondary N) is 2. The van der Waals surface area contributed by atoms with Crippen LogP contribution in [0, 0.1) is 5.41 Å². The fourth-order valence-corrected chi connectivity index (χ4v) is 2.99. The van der Waals surface area contributed by atoms with E-state index >= 15 is 0 Å². The third-order valence-corrected chi connectivity index (χ3v) is 4.87. The Balaban J connectivity index is 0.00000280. The third kappa shape index (κ3) is 5.97. The van der Waals surface area contributed by atoms with Crippen LogP contribution < -0.4 is 24.8 Å². The van der Waals surface area contributed by atoms with Crippen LogP contribution >= 0.6 is 24.0 Å². The Morgan fingerprint density at radius 1 is 1.25 bits per heavy atom. The monoisotopic (exact) mass is 513 g/mol. The molecule has 7 nitrogen and oxygen atoms in total. The third-order valence-electron chi connectivity index (χ3n) is 4.87. The summed E-state index contributed by atoms with van der Waals surface area (Å²) in [5.41, 5.74) is 0.791. The molecular weight excluding hydrogens is 487 g/mol. The highest BCUT2D eigenvalue weighted by Crippen LogP contribution is 2.48. The van der Waals surface area contributed by atoms with Gasteiger partial charge in [-0.2, -0.15) is 8.78 Å². The van der Waals surface area contributed by atoms with Crippen LogP contribution in [0.3, 0.4) is 0 Å². The Kier molecular flexibility index (Phi) is 8.35. The summed E-state index contributed by atoms with van der Waals surface area (Å²) in [6.07, 6.45) is 3.33. The van der Waals surface area contributed by atoms with E-state index in [1.54, 1.807) is 20.2 Å². The zero-order valence-corrected chi connectivity index (χ0v) is 18.3. The smallest absolute Gasteiger partial charge is 0.387 e. The average Bonchev–Trinajstić information content (AvgIpc) is 3.28. The number of alkyl halides is 2. The van der Waals surface area contributed by atoms with Gasteiger partial charge in [-0.15, -0.1) is 24.0 Å². The number of halogens is 3. The Morgan fingerprint density at radius 3 is 2.57 bits per heavy atom. The van der Waals surface area contributed by atoms with Crippen molar-refractivity contribution in [1.82, 2.24) is 10.6 Å². The molecule has 158 valence electrons. The number of methoxy groups -OCH3 is 1. The number of nitrogens with zero attached hydrogens (tertiary/aromatic N) is 1. The lowest BCUT2D eigenvalue weighted by molar-refractivity contribution is -0.0505. The lowest BCUT2D eigenvalue weighted by atomic mass is 10.0. The van der Waals surface area contributed by atoms with Crippen molar-refractivity contribution in [3.63, 3.8) is 0 Å². The van der Waals surface area contributed by atoms with Crippen LogP contribution in [0.4, 0.5) is 8.78 Å². The highest BCUT2D eigenvalue weighted by atomic mass is 127. The zero-order chi connectivity index (χ0) is 19.3. The molecule has 0 amide bonds. The number of fused-ring (bicyclic) bond motifs is 1. The lowest BCUT2D eigenvalue weighted by Crippen LogP contribution is -2.40. The van der Waals surface area contributed by atoms with E-state index in [-0.39, 0.29) is 48.5 Å². The summed E-state index contributed by atoms with van der Waals surface area (Å²) in [5.74, 6) is 1.55. The standard InChI is InChI=1S/C18H25F2N3O4.HI/c1-21-17(23-10-18(3-4-18)5-6-24-2)22-9-12-7-14-15(26-11-25-14)8-13(12)27-16(19)20;/h7-8,16H,3-6,9-11H2,1-2H3,(H2,21,22,23);1H. The summed E-state index contributed by atoms with van der Waals surface area (Å²) in [5, 5.41) is 6.44. The Labute approximate surface area is 180 Å². The van der Waals surface area contributed by atoms with Crippen molar-refractivity contribution < 1.29 is 27.7 Å². The molecule has 3 rings (SSSR count). The highest BCUT2D eigenvalue weighted by molar-refractivity contribution is 14.0. The van der Waals surface area contributed by atoms with Crippen molar-refractivity contribution >= 4 is 29.9 Å². The van der Waals surface area contributed by atoms with Gasteiger partial charge in [-0.1, -0.05) is 0 Å². The molecular formula is C18H26F2IN3O4. The number of hydrogen-bond donors (Lipinski definition) is 2. The molecule has 0 radical (unpaired) electrons. The minimum absolute atomic E-state index is 0. The number of aliphatic imine (C=N–C) groups is 1. The average molecular weight is 513 g/mol. The molecule has 1 aliphatic heterocycles. The molecule has 0 spiro atoms. The second-order valence-electron chi connectivity index (χ2n) is 6.71. The Hall–Kier alpha value is -1.56. The summed E-state index contributed by atoms with van der Waals surface area (Å²) in [4.78, 5) is 4.20. The van der Waals surface area contributed by atoms with Gasteiger partial charge in [0.25, 0.3) is 0 Å².